The van der Waals surface area contributed by atoms with E-state index in [0.717, 1.165) is 30.6 Å². The van der Waals surface area contributed by atoms with Crippen LogP contribution in [0.5, 0.6) is 5.75 Å². The zero-order chi connectivity index (χ0) is 21.0. The largest absolute Gasteiger partial charge is 0.508 e. The van der Waals surface area contributed by atoms with Crippen LogP contribution in [0.15, 0.2) is 41.4 Å². The summed E-state index contributed by atoms with van der Waals surface area (Å²) in [7, 11) is 0. The third-order valence-corrected chi connectivity index (χ3v) is 7.57. The Bertz CT molecular complexity index is 991. The Balaban J connectivity index is 1.72. The number of aryl methyl sites for hydroxylation is 1. The van der Waals surface area contributed by atoms with Gasteiger partial charge in [0.05, 0.1) is 5.69 Å². The molecule has 29 heavy (non-hydrogen) atoms. The fourth-order valence-electron chi connectivity index (χ4n) is 5.31. The molecule has 2 aromatic rings. The lowest BCUT2D eigenvalue weighted by Crippen LogP contribution is -2.64. The van der Waals surface area contributed by atoms with Crippen LogP contribution in [0, 0.1) is 12.3 Å². The molecule has 2 aromatic carbocycles. The van der Waals surface area contributed by atoms with Crippen molar-refractivity contribution in [1.29, 1.82) is 0 Å². The highest BCUT2D eigenvalue weighted by atomic mass is 16.3. The summed E-state index contributed by atoms with van der Waals surface area (Å²) in [4.78, 5) is 19.8. The van der Waals surface area contributed by atoms with E-state index >= 15 is 0 Å². The number of carbonyl (C=O) groups is 1. The minimum atomic E-state index is -0.0657. The first-order valence-corrected chi connectivity index (χ1v) is 10.4. The van der Waals surface area contributed by atoms with Crippen LogP contribution in [0.25, 0.3) is 0 Å². The molecule has 2 atom stereocenters. The molecule has 0 spiro atoms. The minimum Gasteiger partial charge on any atom is -0.508 e. The summed E-state index contributed by atoms with van der Waals surface area (Å²) in [5.74, 6) is 0.423. The Morgan fingerprint density at radius 2 is 1.90 bits per heavy atom. The van der Waals surface area contributed by atoms with Gasteiger partial charge in [-0.3, -0.25) is 9.79 Å². The van der Waals surface area contributed by atoms with Gasteiger partial charge in [0.2, 0.25) is 0 Å². The summed E-state index contributed by atoms with van der Waals surface area (Å²) in [6.45, 7) is 11.5. The second-order valence-corrected chi connectivity index (χ2v) is 9.25. The molecule has 0 unspecified atom stereocenters. The number of nitrogens with zero attached hydrogens (tertiary/aromatic N) is 2. The highest BCUT2D eigenvalue weighted by Crippen LogP contribution is 2.56. The number of rotatable bonds is 2. The van der Waals surface area contributed by atoms with Gasteiger partial charge in [0.15, 0.2) is 0 Å². The number of fused-ring (bicyclic) bond motifs is 4. The molecule has 1 heterocycles. The summed E-state index contributed by atoms with van der Waals surface area (Å²) < 4.78 is 0. The Morgan fingerprint density at radius 1 is 1.21 bits per heavy atom. The normalized spacial score (nSPS) is 25.1. The number of hydrogen-bond acceptors (Lipinski definition) is 3. The van der Waals surface area contributed by atoms with Crippen molar-refractivity contribution in [2.45, 2.75) is 58.9 Å². The van der Waals surface area contributed by atoms with E-state index in [0.29, 0.717) is 11.3 Å². The topological polar surface area (TPSA) is 52.9 Å². The lowest BCUT2D eigenvalue weighted by molar-refractivity contribution is -0.0262. The number of piperidine rings is 1. The molecule has 1 amide bonds. The maximum absolute atomic E-state index is 13.4. The van der Waals surface area contributed by atoms with Gasteiger partial charge in [-0.05, 0) is 79.1 Å². The van der Waals surface area contributed by atoms with E-state index in [1.165, 1.54) is 11.1 Å². The van der Waals surface area contributed by atoms with Crippen molar-refractivity contribution in [2.24, 2.45) is 10.4 Å². The zero-order valence-corrected chi connectivity index (χ0v) is 18.0. The van der Waals surface area contributed by atoms with Crippen molar-refractivity contribution < 1.29 is 9.90 Å². The fourth-order valence-corrected chi connectivity index (χ4v) is 5.31. The molecule has 4 heteroatoms. The van der Waals surface area contributed by atoms with Gasteiger partial charge < -0.3 is 10.0 Å². The Kier molecular flexibility index (Phi) is 4.56. The van der Waals surface area contributed by atoms with Crippen LogP contribution < -0.4 is 0 Å². The van der Waals surface area contributed by atoms with Gasteiger partial charge in [-0.1, -0.05) is 26.8 Å². The number of phenols is 1. The van der Waals surface area contributed by atoms with Crippen LogP contribution in [0.2, 0.25) is 0 Å². The summed E-state index contributed by atoms with van der Waals surface area (Å²) in [6.07, 6.45) is 3.44. The van der Waals surface area contributed by atoms with Crippen LogP contribution in [0.1, 0.15) is 61.2 Å². The van der Waals surface area contributed by atoms with Gasteiger partial charge in [0, 0.05) is 29.8 Å². The molecule has 2 bridgehead atoms. The number of amides is 1. The molecule has 1 aliphatic heterocycles. The number of carbonyl (C=O) groups excluding carboxylic acids is 1. The van der Waals surface area contributed by atoms with Gasteiger partial charge >= 0.3 is 0 Å². The van der Waals surface area contributed by atoms with Crippen LogP contribution in [0.3, 0.4) is 0 Å². The maximum Gasteiger partial charge on any atom is 0.254 e. The number of likely N-dealkylation sites (tertiary alicyclic amines) is 1. The monoisotopic (exact) mass is 390 g/mol. The molecule has 1 fully saturated rings. The van der Waals surface area contributed by atoms with Gasteiger partial charge in [-0.15, -0.1) is 0 Å². The van der Waals surface area contributed by atoms with Gasteiger partial charge in [-0.25, -0.2) is 0 Å². The molecule has 0 saturated carbocycles. The average molecular weight is 391 g/mol. The second kappa shape index (κ2) is 6.72. The quantitative estimate of drug-likeness (QED) is 0.719. The van der Waals surface area contributed by atoms with Gasteiger partial charge in [-0.2, -0.15) is 0 Å². The molecule has 0 aromatic heterocycles. The number of hydrogen-bond donors (Lipinski definition) is 1. The van der Waals surface area contributed by atoms with Crippen molar-refractivity contribution >= 4 is 17.8 Å². The molecular formula is C25H30N2O2. The van der Waals surface area contributed by atoms with E-state index in [1.807, 2.05) is 44.2 Å². The third kappa shape index (κ3) is 2.88. The first-order chi connectivity index (χ1) is 13.7. The van der Waals surface area contributed by atoms with Gasteiger partial charge in [0.25, 0.3) is 5.91 Å². The van der Waals surface area contributed by atoms with E-state index in [4.69, 9.17) is 0 Å². The number of phenolic OH excluding ortho intramolecular Hbond substituents is 1. The van der Waals surface area contributed by atoms with Gasteiger partial charge in [0.1, 0.15) is 5.75 Å². The highest BCUT2D eigenvalue weighted by molar-refractivity contribution is 5.95. The molecule has 4 rings (SSSR count). The molecule has 2 aliphatic rings. The lowest BCUT2D eigenvalue weighted by atomic mass is 9.51. The predicted octanol–water partition coefficient (Wildman–Crippen LogP) is 5.18. The van der Waals surface area contributed by atoms with Crippen molar-refractivity contribution in [3.05, 3.63) is 58.7 Å². The van der Waals surface area contributed by atoms with E-state index in [1.54, 1.807) is 6.21 Å². The Hall–Kier alpha value is -2.62. The van der Waals surface area contributed by atoms with Crippen LogP contribution in [-0.4, -0.2) is 34.7 Å². The third-order valence-electron chi connectivity index (χ3n) is 7.57. The Morgan fingerprint density at radius 3 is 2.55 bits per heavy atom. The molecular weight excluding hydrogens is 360 g/mol. The molecule has 4 nitrogen and oxygen atoms in total. The molecule has 1 N–H and O–H groups in total. The van der Waals surface area contributed by atoms with Crippen LogP contribution in [-0.2, 0) is 11.8 Å². The smallest absolute Gasteiger partial charge is 0.254 e. The van der Waals surface area contributed by atoms with Crippen LogP contribution >= 0.6 is 0 Å². The molecule has 1 saturated heterocycles. The SMILES string of the molecule is CC=Nc1ccc(C(=O)N2CC[C@]3(C)c4cc(C)c(O)cc4C[C@H]2C3(C)C)cc1. The summed E-state index contributed by atoms with van der Waals surface area (Å²) >= 11 is 0. The number of aliphatic imine (C=N–C) groups is 1. The summed E-state index contributed by atoms with van der Waals surface area (Å²) in [5.41, 5.74) is 4.90. The first-order valence-electron chi connectivity index (χ1n) is 10.4. The van der Waals surface area contributed by atoms with Crippen molar-refractivity contribution in [1.82, 2.24) is 4.90 Å². The standard InChI is InChI=1S/C25H30N2O2/c1-6-26-19-9-7-17(8-10-19)23(29)27-12-11-25(5)20-13-16(2)21(28)14-18(20)15-22(27)24(25,3)4/h6-10,13-14,22,28H,11-12,15H2,1-5H3/t22-,25+/m0/s1. The Labute approximate surface area is 173 Å². The number of benzene rings is 2. The predicted molar refractivity (Wildman–Crippen MR) is 117 cm³/mol. The maximum atomic E-state index is 13.4. The molecule has 0 radical (unpaired) electrons. The van der Waals surface area contributed by atoms with Crippen molar-refractivity contribution in [3.63, 3.8) is 0 Å². The van der Waals surface area contributed by atoms with E-state index in [2.05, 4.69) is 36.7 Å². The summed E-state index contributed by atoms with van der Waals surface area (Å²) in [6, 6.07) is 11.7. The summed E-state index contributed by atoms with van der Waals surface area (Å²) in [5, 5.41) is 10.3. The fraction of sp³-hybridized carbons (Fsp3) is 0.440. The molecule has 1 aliphatic carbocycles. The zero-order valence-electron chi connectivity index (χ0n) is 18.0. The minimum absolute atomic E-state index is 0.0276. The second-order valence-electron chi connectivity index (χ2n) is 9.25. The number of aromatic hydroxyl groups is 1. The van der Waals surface area contributed by atoms with Crippen LogP contribution in [0.4, 0.5) is 5.69 Å². The van der Waals surface area contributed by atoms with Crippen molar-refractivity contribution in [3.8, 4) is 5.75 Å². The first kappa shape index (κ1) is 19.7. The van der Waals surface area contributed by atoms with Crippen molar-refractivity contribution in [2.75, 3.05) is 6.54 Å². The lowest BCUT2D eigenvalue weighted by Gasteiger charge is -2.61. The van der Waals surface area contributed by atoms with E-state index < -0.39 is 0 Å². The van der Waals surface area contributed by atoms with E-state index in [9.17, 15) is 9.90 Å². The highest BCUT2D eigenvalue weighted by Gasteiger charge is 2.56. The molecule has 152 valence electrons. The van der Waals surface area contributed by atoms with E-state index in [-0.39, 0.29) is 22.8 Å². The average Bonchev–Trinajstić information content (AvgIpc) is 2.67.